The molecule has 1 aromatic heterocycles. The molecule has 0 aliphatic heterocycles. The zero-order valence-electron chi connectivity index (χ0n) is 9.68. The molecule has 0 bridgehead atoms. The third-order valence-corrected chi connectivity index (χ3v) is 2.69. The van der Waals surface area contributed by atoms with Gasteiger partial charge in [0.05, 0.1) is 18.1 Å². The van der Waals surface area contributed by atoms with Crippen molar-refractivity contribution in [2.45, 2.75) is 13.8 Å². The highest BCUT2D eigenvalue weighted by atomic mass is 79.9. The smallest absolute Gasteiger partial charge is 0.221 e. The molecule has 17 heavy (non-hydrogen) atoms. The fourth-order valence-corrected chi connectivity index (χ4v) is 2.19. The number of nitrogens with zero attached hydrogens (tertiary/aromatic N) is 3. The topological polar surface area (TPSA) is 56.2 Å². The molecule has 1 heterocycles. The van der Waals surface area contributed by atoms with Gasteiger partial charge in [0.15, 0.2) is 0 Å². The molecule has 1 aromatic carbocycles. The monoisotopic (exact) mass is 292 g/mol. The van der Waals surface area contributed by atoms with Crippen LogP contribution in [0.3, 0.4) is 0 Å². The number of benzene rings is 1. The van der Waals surface area contributed by atoms with Gasteiger partial charge in [-0.15, -0.1) is 0 Å². The predicted molar refractivity (Wildman–Crippen MR) is 73.2 cm³/mol. The lowest BCUT2D eigenvalue weighted by atomic mass is 10.2. The van der Waals surface area contributed by atoms with Gasteiger partial charge in [0, 0.05) is 4.47 Å². The number of hydrogen-bond donors (Lipinski definition) is 1. The van der Waals surface area contributed by atoms with Crippen molar-refractivity contribution in [2.24, 2.45) is 5.10 Å². The average molecular weight is 293 g/mol. The molecule has 0 spiro atoms. The number of anilines is 1. The number of rotatable bonds is 2. The number of imidazole rings is 1. The largest absolute Gasteiger partial charge is 0.368 e. The van der Waals surface area contributed by atoms with E-state index in [9.17, 15) is 0 Å². The quantitative estimate of drug-likeness (QED) is 0.866. The van der Waals surface area contributed by atoms with Gasteiger partial charge in [0.2, 0.25) is 5.95 Å². The van der Waals surface area contributed by atoms with Crippen LogP contribution in [0.5, 0.6) is 0 Å². The Hall–Kier alpha value is -1.62. The Morgan fingerprint density at radius 2 is 2.12 bits per heavy atom. The van der Waals surface area contributed by atoms with E-state index in [0.29, 0.717) is 5.95 Å². The first-order valence-corrected chi connectivity index (χ1v) is 5.97. The molecule has 0 radical (unpaired) electrons. The van der Waals surface area contributed by atoms with Gasteiger partial charge in [-0.2, -0.15) is 5.10 Å². The van der Waals surface area contributed by atoms with E-state index in [0.717, 1.165) is 15.7 Å². The Morgan fingerprint density at radius 1 is 1.35 bits per heavy atom. The van der Waals surface area contributed by atoms with Crippen molar-refractivity contribution in [3.05, 3.63) is 45.7 Å². The van der Waals surface area contributed by atoms with E-state index >= 15 is 0 Å². The summed E-state index contributed by atoms with van der Waals surface area (Å²) in [6.45, 7) is 3.92. The molecule has 0 amide bonds. The molecular formula is C12H13BrN4. The minimum absolute atomic E-state index is 0.394. The zero-order valence-corrected chi connectivity index (χ0v) is 11.3. The molecule has 0 fully saturated rings. The Bertz CT molecular complexity index is 552. The second-order valence-corrected chi connectivity index (χ2v) is 4.81. The molecule has 0 saturated carbocycles. The third-order valence-electron chi connectivity index (χ3n) is 2.23. The van der Waals surface area contributed by atoms with Gasteiger partial charge < -0.3 is 5.73 Å². The highest BCUT2D eigenvalue weighted by Crippen LogP contribution is 2.14. The molecular weight excluding hydrogens is 280 g/mol. The molecule has 2 rings (SSSR count). The first-order valence-electron chi connectivity index (χ1n) is 5.17. The van der Waals surface area contributed by atoms with Crippen molar-refractivity contribution in [2.75, 3.05) is 5.73 Å². The van der Waals surface area contributed by atoms with E-state index in [1.54, 1.807) is 17.1 Å². The second kappa shape index (κ2) is 4.71. The van der Waals surface area contributed by atoms with E-state index in [1.807, 2.05) is 32.0 Å². The van der Waals surface area contributed by atoms with Gasteiger partial charge in [-0.05, 0) is 37.1 Å². The van der Waals surface area contributed by atoms with Crippen molar-refractivity contribution in [3.63, 3.8) is 0 Å². The number of nitrogens with two attached hydrogens (primary N) is 1. The number of halogens is 1. The molecule has 0 unspecified atom stereocenters. The van der Waals surface area contributed by atoms with Crippen molar-refractivity contribution < 1.29 is 0 Å². The van der Waals surface area contributed by atoms with Crippen molar-refractivity contribution in [3.8, 4) is 0 Å². The lowest BCUT2D eigenvalue weighted by molar-refractivity contribution is 0.897. The third kappa shape index (κ3) is 2.94. The summed E-state index contributed by atoms with van der Waals surface area (Å²) in [5, 5.41) is 4.26. The van der Waals surface area contributed by atoms with Crippen molar-refractivity contribution in [1.82, 2.24) is 9.66 Å². The fourth-order valence-electron chi connectivity index (χ4n) is 1.56. The number of aromatic nitrogens is 2. The van der Waals surface area contributed by atoms with Crippen LogP contribution in [-0.2, 0) is 0 Å². The maximum Gasteiger partial charge on any atom is 0.221 e. The predicted octanol–water partition coefficient (Wildman–Crippen LogP) is 2.73. The Labute approximate surface area is 108 Å². The first kappa shape index (κ1) is 11.9. The van der Waals surface area contributed by atoms with Crippen LogP contribution in [0.4, 0.5) is 5.95 Å². The standard InChI is InChI=1S/C12H13BrN4/c1-8-3-10(5-11(13)4-8)6-15-17-7-9(2)16-12(17)14/h3-7H,1-2H3,(H2,14,16). The number of hydrogen-bond acceptors (Lipinski definition) is 3. The SMILES string of the molecule is Cc1cc(Br)cc(C=Nn2cc(C)nc2N)c1. The van der Waals surface area contributed by atoms with Gasteiger partial charge >= 0.3 is 0 Å². The molecule has 2 aromatic rings. The van der Waals surface area contributed by atoms with Crippen molar-refractivity contribution >= 4 is 28.1 Å². The van der Waals surface area contributed by atoms with Gasteiger partial charge in [-0.25, -0.2) is 9.66 Å². The summed E-state index contributed by atoms with van der Waals surface area (Å²) in [4.78, 5) is 4.08. The second-order valence-electron chi connectivity index (χ2n) is 3.89. The van der Waals surface area contributed by atoms with E-state index in [-0.39, 0.29) is 0 Å². The lowest BCUT2D eigenvalue weighted by Gasteiger charge is -1.99. The number of nitrogen functional groups attached to an aromatic ring is 1. The van der Waals surface area contributed by atoms with Crippen LogP contribution in [0, 0.1) is 13.8 Å². The molecule has 0 atom stereocenters. The maximum atomic E-state index is 5.69. The highest BCUT2D eigenvalue weighted by molar-refractivity contribution is 9.10. The summed E-state index contributed by atoms with van der Waals surface area (Å²) in [5.41, 5.74) is 8.74. The Kier molecular flexibility index (Phi) is 3.28. The van der Waals surface area contributed by atoms with Crippen LogP contribution in [0.25, 0.3) is 0 Å². The van der Waals surface area contributed by atoms with Crippen LogP contribution in [0.15, 0.2) is 34.0 Å². The fraction of sp³-hybridized carbons (Fsp3) is 0.167. The van der Waals surface area contributed by atoms with Gasteiger partial charge in [0.25, 0.3) is 0 Å². The van der Waals surface area contributed by atoms with Gasteiger partial charge in [-0.3, -0.25) is 0 Å². The van der Waals surface area contributed by atoms with E-state index in [2.05, 4.69) is 26.0 Å². The van der Waals surface area contributed by atoms with Crippen LogP contribution in [-0.4, -0.2) is 15.9 Å². The normalized spacial score (nSPS) is 11.2. The molecule has 2 N–H and O–H groups in total. The minimum Gasteiger partial charge on any atom is -0.368 e. The molecule has 4 nitrogen and oxygen atoms in total. The summed E-state index contributed by atoms with van der Waals surface area (Å²) in [5.74, 6) is 0.394. The lowest BCUT2D eigenvalue weighted by Crippen LogP contribution is -1.97. The molecule has 5 heteroatoms. The van der Waals surface area contributed by atoms with E-state index in [4.69, 9.17) is 5.73 Å². The highest BCUT2D eigenvalue weighted by Gasteiger charge is 1.99. The van der Waals surface area contributed by atoms with Crippen LogP contribution in [0.1, 0.15) is 16.8 Å². The van der Waals surface area contributed by atoms with E-state index < -0.39 is 0 Å². The number of aryl methyl sites for hydroxylation is 2. The Balaban J connectivity index is 2.28. The zero-order chi connectivity index (χ0) is 12.4. The van der Waals surface area contributed by atoms with Crippen LogP contribution < -0.4 is 5.73 Å². The summed E-state index contributed by atoms with van der Waals surface area (Å²) < 4.78 is 2.60. The maximum absolute atomic E-state index is 5.69. The molecule has 88 valence electrons. The van der Waals surface area contributed by atoms with Crippen LogP contribution in [0.2, 0.25) is 0 Å². The summed E-state index contributed by atoms with van der Waals surface area (Å²) in [6, 6.07) is 6.10. The Morgan fingerprint density at radius 3 is 2.71 bits per heavy atom. The van der Waals surface area contributed by atoms with Crippen molar-refractivity contribution in [1.29, 1.82) is 0 Å². The van der Waals surface area contributed by atoms with Crippen LogP contribution >= 0.6 is 15.9 Å². The minimum atomic E-state index is 0.394. The summed E-state index contributed by atoms with van der Waals surface area (Å²) in [6.07, 6.45) is 3.55. The summed E-state index contributed by atoms with van der Waals surface area (Å²) >= 11 is 3.45. The van der Waals surface area contributed by atoms with Gasteiger partial charge in [-0.1, -0.05) is 22.0 Å². The summed E-state index contributed by atoms with van der Waals surface area (Å²) in [7, 11) is 0. The molecule has 0 aliphatic carbocycles. The van der Waals surface area contributed by atoms with Gasteiger partial charge in [0.1, 0.15) is 0 Å². The van der Waals surface area contributed by atoms with E-state index in [1.165, 1.54) is 5.56 Å². The molecule has 0 aliphatic rings. The average Bonchev–Trinajstić information content (AvgIpc) is 2.53. The molecule has 0 saturated heterocycles. The first-order chi connectivity index (χ1) is 8.04.